The van der Waals surface area contributed by atoms with E-state index in [-0.39, 0.29) is 11.0 Å². The molecule has 2 heterocycles. The van der Waals surface area contributed by atoms with Crippen molar-refractivity contribution in [2.75, 3.05) is 5.73 Å². The Kier molecular flexibility index (Phi) is 2.80. The normalized spacial score (nSPS) is 10.8. The zero-order chi connectivity index (χ0) is 14.3. The molecule has 20 heavy (non-hydrogen) atoms. The lowest BCUT2D eigenvalue weighted by atomic mass is 10.2. The molecule has 0 amide bonds. The molecule has 3 N–H and O–H groups in total. The van der Waals surface area contributed by atoms with E-state index < -0.39 is 11.2 Å². The molecule has 0 saturated carbocycles. The third-order valence-electron chi connectivity index (χ3n) is 2.86. The molecule has 6 nitrogen and oxygen atoms in total. The van der Waals surface area contributed by atoms with Gasteiger partial charge in [0.2, 0.25) is 0 Å². The Bertz CT molecular complexity index is 930. The van der Waals surface area contributed by atoms with Crippen LogP contribution in [0.3, 0.4) is 0 Å². The van der Waals surface area contributed by atoms with Crippen molar-refractivity contribution in [3.05, 3.63) is 62.4 Å². The van der Waals surface area contributed by atoms with E-state index in [1.165, 1.54) is 16.8 Å². The van der Waals surface area contributed by atoms with E-state index in [2.05, 4.69) is 9.97 Å². The van der Waals surface area contributed by atoms with E-state index in [0.29, 0.717) is 16.4 Å². The first kappa shape index (κ1) is 12.4. The number of benzene rings is 1. The molecule has 0 fully saturated rings. The van der Waals surface area contributed by atoms with Crippen LogP contribution in [-0.4, -0.2) is 14.5 Å². The molecule has 3 aromatic rings. The highest BCUT2D eigenvalue weighted by Crippen LogP contribution is 2.20. The molecule has 0 bridgehead atoms. The summed E-state index contributed by atoms with van der Waals surface area (Å²) in [7, 11) is 0. The van der Waals surface area contributed by atoms with Crippen molar-refractivity contribution >= 4 is 28.3 Å². The molecule has 0 atom stereocenters. The summed E-state index contributed by atoms with van der Waals surface area (Å²) in [6.07, 6.45) is 1.38. The van der Waals surface area contributed by atoms with Crippen molar-refractivity contribution < 1.29 is 0 Å². The van der Waals surface area contributed by atoms with Gasteiger partial charge in [-0.05, 0) is 18.2 Å². The number of nitrogens with two attached hydrogens (primary N) is 1. The van der Waals surface area contributed by atoms with Crippen LogP contribution in [0.4, 0.5) is 5.69 Å². The first-order chi connectivity index (χ1) is 9.58. The Morgan fingerprint density at radius 3 is 2.75 bits per heavy atom. The Morgan fingerprint density at radius 2 is 2.00 bits per heavy atom. The minimum Gasteiger partial charge on any atom is -0.397 e. The third-order valence-corrected chi connectivity index (χ3v) is 3.18. The molecule has 0 spiro atoms. The molecular weight excluding hydrogens is 280 g/mol. The maximum Gasteiger partial charge on any atom is 0.334 e. The summed E-state index contributed by atoms with van der Waals surface area (Å²) in [6, 6.07) is 8.27. The minimum atomic E-state index is -0.604. The molecular formula is C13H9ClN4O2. The second-order valence-electron chi connectivity index (χ2n) is 4.19. The highest BCUT2D eigenvalue weighted by Gasteiger charge is 2.12. The lowest BCUT2D eigenvalue weighted by molar-refractivity contribution is 0.926. The summed E-state index contributed by atoms with van der Waals surface area (Å²) >= 11 is 6.10. The Hall–Kier alpha value is -2.60. The monoisotopic (exact) mass is 288 g/mol. The molecule has 1 aromatic carbocycles. The number of nitrogens with zero attached hydrogens (tertiary/aromatic N) is 2. The maximum atomic E-state index is 12.1. The average Bonchev–Trinajstić information content (AvgIpc) is 2.41. The number of pyridine rings is 1. The molecule has 0 radical (unpaired) electrons. The van der Waals surface area contributed by atoms with E-state index in [4.69, 9.17) is 17.3 Å². The molecule has 100 valence electrons. The van der Waals surface area contributed by atoms with Crippen molar-refractivity contribution in [2.45, 2.75) is 0 Å². The van der Waals surface area contributed by atoms with Gasteiger partial charge in [-0.25, -0.2) is 14.3 Å². The van der Waals surface area contributed by atoms with Gasteiger partial charge in [0.25, 0.3) is 5.56 Å². The molecule has 0 aliphatic heterocycles. The Morgan fingerprint density at radius 1 is 1.25 bits per heavy atom. The Labute approximate surface area is 117 Å². The van der Waals surface area contributed by atoms with Gasteiger partial charge in [0, 0.05) is 0 Å². The van der Waals surface area contributed by atoms with E-state index in [1.54, 1.807) is 24.3 Å². The molecule has 0 aliphatic carbocycles. The molecule has 0 unspecified atom stereocenters. The molecule has 0 saturated heterocycles. The number of aromatic amines is 1. The number of halogens is 1. The largest absolute Gasteiger partial charge is 0.397 e. The van der Waals surface area contributed by atoms with Gasteiger partial charge in [0.05, 0.1) is 28.0 Å². The first-order valence-corrected chi connectivity index (χ1v) is 6.11. The summed E-state index contributed by atoms with van der Waals surface area (Å²) in [5, 5.41) is 0.603. The topological polar surface area (TPSA) is 93.8 Å². The number of para-hydroxylation sites is 1. The van der Waals surface area contributed by atoms with Crippen molar-refractivity contribution in [1.82, 2.24) is 14.5 Å². The van der Waals surface area contributed by atoms with Crippen molar-refractivity contribution in [3.8, 4) is 5.69 Å². The smallest absolute Gasteiger partial charge is 0.334 e. The second-order valence-corrected chi connectivity index (χ2v) is 4.59. The first-order valence-electron chi connectivity index (χ1n) is 5.73. The number of H-pyrrole nitrogens is 1. The standard InChI is InChI=1S/C13H9ClN4O2/c14-9-3-1-2-4-10(9)18-11-8(5-7(15)6-16-11)12(19)17-13(18)20/h1-6H,15H2,(H,17,19,20). The molecule has 2 aromatic heterocycles. The number of nitrogens with one attached hydrogen (secondary N) is 1. The quantitative estimate of drug-likeness (QED) is 0.706. The van der Waals surface area contributed by atoms with E-state index >= 15 is 0 Å². The number of aromatic nitrogens is 3. The van der Waals surface area contributed by atoms with E-state index in [9.17, 15) is 9.59 Å². The van der Waals surface area contributed by atoms with Gasteiger partial charge in [-0.15, -0.1) is 0 Å². The molecule has 3 rings (SSSR count). The van der Waals surface area contributed by atoms with Gasteiger partial charge < -0.3 is 5.73 Å². The number of nitrogen functional groups attached to an aromatic ring is 1. The maximum absolute atomic E-state index is 12.1. The average molecular weight is 289 g/mol. The molecule has 7 heteroatoms. The van der Waals surface area contributed by atoms with Crippen LogP contribution < -0.4 is 17.0 Å². The van der Waals surface area contributed by atoms with Gasteiger partial charge in [-0.1, -0.05) is 23.7 Å². The van der Waals surface area contributed by atoms with Crippen LogP contribution in [-0.2, 0) is 0 Å². The summed E-state index contributed by atoms with van der Waals surface area (Å²) in [4.78, 5) is 30.2. The summed E-state index contributed by atoms with van der Waals surface area (Å²) < 4.78 is 1.25. The van der Waals surface area contributed by atoms with Crippen LogP contribution >= 0.6 is 11.6 Å². The van der Waals surface area contributed by atoms with E-state index in [1.807, 2.05) is 0 Å². The van der Waals surface area contributed by atoms with Gasteiger partial charge in [0.15, 0.2) is 5.65 Å². The minimum absolute atomic E-state index is 0.209. The predicted molar refractivity (Wildman–Crippen MR) is 77.4 cm³/mol. The second kappa shape index (κ2) is 4.50. The van der Waals surface area contributed by atoms with Gasteiger partial charge in [-0.2, -0.15) is 0 Å². The highest BCUT2D eigenvalue weighted by atomic mass is 35.5. The van der Waals surface area contributed by atoms with Crippen LogP contribution in [0.1, 0.15) is 0 Å². The number of fused-ring (bicyclic) bond motifs is 1. The van der Waals surface area contributed by atoms with Gasteiger partial charge in [0.1, 0.15) is 0 Å². The lowest BCUT2D eigenvalue weighted by Crippen LogP contribution is -2.30. The number of anilines is 1. The third kappa shape index (κ3) is 1.86. The summed E-state index contributed by atoms with van der Waals surface area (Å²) in [6.45, 7) is 0. The summed E-state index contributed by atoms with van der Waals surface area (Å²) in [5.41, 5.74) is 5.47. The lowest BCUT2D eigenvalue weighted by Gasteiger charge is -2.10. The number of rotatable bonds is 1. The SMILES string of the molecule is Nc1cnc2c(c1)c(=O)[nH]c(=O)n2-c1ccccc1Cl. The van der Waals surface area contributed by atoms with Crippen LogP contribution in [0, 0.1) is 0 Å². The van der Waals surface area contributed by atoms with Crippen LogP contribution in [0.15, 0.2) is 46.1 Å². The fraction of sp³-hybridized carbons (Fsp3) is 0. The van der Waals surface area contributed by atoms with E-state index in [0.717, 1.165) is 0 Å². The van der Waals surface area contributed by atoms with Crippen LogP contribution in [0.2, 0.25) is 5.02 Å². The number of hydrogen-bond acceptors (Lipinski definition) is 4. The zero-order valence-electron chi connectivity index (χ0n) is 10.1. The van der Waals surface area contributed by atoms with Gasteiger partial charge in [-0.3, -0.25) is 9.78 Å². The summed E-state index contributed by atoms with van der Waals surface area (Å²) in [5.74, 6) is 0. The predicted octanol–water partition coefficient (Wildman–Crippen LogP) is 1.31. The van der Waals surface area contributed by atoms with Crippen molar-refractivity contribution in [2.24, 2.45) is 0 Å². The van der Waals surface area contributed by atoms with Crippen molar-refractivity contribution in [1.29, 1.82) is 0 Å². The fourth-order valence-corrected chi connectivity index (χ4v) is 2.21. The molecule has 0 aliphatic rings. The van der Waals surface area contributed by atoms with Crippen LogP contribution in [0.5, 0.6) is 0 Å². The Balaban J connectivity index is 2.51. The zero-order valence-corrected chi connectivity index (χ0v) is 10.9. The number of hydrogen-bond donors (Lipinski definition) is 2. The van der Waals surface area contributed by atoms with Crippen molar-refractivity contribution in [3.63, 3.8) is 0 Å². The fourth-order valence-electron chi connectivity index (χ4n) is 1.99. The van der Waals surface area contributed by atoms with Gasteiger partial charge >= 0.3 is 5.69 Å². The van der Waals surface area contributed by atoms with Crippen LogP contribution in [0.25, 0.3) is 16.7 Å². The highest BCUT2D eigenvalue weighted by molar-refractivity contribution is 6.32.